The Bertz CT molecular complexity index is 290. The molecule has 3 nitrogen and oxygen atoms in total. The smallest absolute Gasteiger partial charge is 0.188 e. The van der Waals surface area contributed by atoms with E-state index in [9.17, 15) is 0 Å². The molecule has 2 N–H and O–H groups in total. The van der Waals surface area contributed by atoms with E-state index in [2.05, 4.69) is 21.2 Å². The summed E-state index contributed by atoms with van der Waals surface area (Å²) >= 11 is 5.01. The van der Waals surface area contributed by atoms with Crippen molar-refractivity contribution in [1.82, 2.24) is 5.32 Å². The van der Waals surface area contributed by atoms with Crippen LogP contribution in [0.1, 0.15) is 11.8 Å². The largest absolute Gasteiger partial charge is 0.486 e. The molecule has 1 unspecified atom stereocenters. The molecule has 5 heteroatoms. The van der Waals surface area contributed by atoms with E-state index in [1.54, 1.807) is 18.4 Å². The van der Waals surface area contributed by atoms with E-state index in [1.807, 2.05) is 13.0 Å². The third-order valence-corrected chi connectivity index (χ3v) is 3.74. The van der Waals surface area contributed by atoms with Crippen LogP contribution in [-0.4, -0.2) is 24.9 Å². The van der Waals surface area contributed by atoms with Crippen LogP contribution in [0.2, 0.25) is 0 Å². The van der Waals surface area contributed by atoms with Gasteiger partial charge in [0, 0.05) is 17.5 Å². The van der Waals surface area contributed by atoms with Gasteiger partial charge in [0.05, 0.1) is 18.2 Å². The van der Waals surface area contributed by atoms with Crippen molar-refractivity contribution in [3.63, 3.8) is 0 Å². The van der Waals surface area contributed by atoms with E-state index in [0.717, 1.165) is 16.1 Å². The second-order valence-electron chi connectivity index (χ2n) is 3.02. The molecule has 1 aromatic heterocycles. The van der Waals surface area contributed by atoms with Crippen LogP contribution in [0.4, 0.5) is 0 Å². The first-order valence-electron chi connectivity index (χ1n) is 4.33. The van der Waals surface area contributed by atoms with Gasteiger partial charge >= 0.3 is 0 Å². The molecule has 0 aliphatic heterocycles. The molecule has 0 bridgehead atoms. The van der Waals surface area contributed by atoms with Gasteiger partial charge in [0.15, 0.2) is 5.06 Å². The van der Waals surface area contributed by atoms with Gasteiger partial charge < -0.3 is 15.2 Å². The topological polar surface area (TPSA) is 41.5 Å². The van der Waals surface area contributed by atoms with Crippen molar-refractivity contribution in [2.24, 2.45) is 0 Å². The minimum atomic E-state index is 0.127. The van der Waals surface area contributed by atoms with Crippen LogP contribution >= 0.6 is 27.3 Å². The van der Waals surface area contributed by atoms with E-state index in [1.165, 1.54) is 4.88 Å². The molecule has 0 saturated heterocycles. The second kappa shape index (κ2) is 5.70. The number of hydrogen-bond donors (Lipinski definition) is 2. The maximum atomic E-state index is 8.83. The first-order valence-corrected chi connectivity index (χ1v) is 5.94. The predicted octanol–water partition coefficient (Wildman–Crippen LogP) is 1.99. The van der Waals surface area contributed by atoms with Crippen LogP contribution in [0, 0.1) is 0 Å². The third kappa shape index (κ3) is 3.24. The average Bonchev–Trinajstić information content (AvgIpc) is 2.55. The highest BCUT2D eigenvalue weighted by Gasteiger charge is 2.07. The number of halogens is 1. The Kier molecular flexibility index (Phi) is 4.88. The summed E-state index contributed by atoms with van der Waals surface area (Å²) < 4.78 is 6.14. The number of hydrogen-bond acceptors (Lipinski definition) is 4. The number of aliphatic hydroxyl groups is 1. The highest BCUT2D eigenvalue weighted by molar-refractivity contribution is 9.10. The number of rotatable bonds is 5. The summed E-state index contributed by atoms with van der Waals surface area (Å²) in [6.07, 6.45) is 0. The third-order valence-electron chi connectivity index (χ3n) is 1.79. The zero-order valence-corrected chi connectivity index (χ0v) is 10.6. The van der Waals surface area contributed by atoms with Crippen molar-refractivity contribution in [2.45, 2.75) is 19.5 Å². The molecule has 0 fully saturated rings. The predicted molar refractivity (Wildman–Crippen MR) is 62.0 cm³/mol. The summed E-state index contributed by atoms with van der Waals surface area (Å²) in [5.74, 6) is 0. The molecule has 14 heavy (non-hydrogen) atoms. The molecule has 1 atom stereocenters. The van der Waals surface area contributed by atoms with E-state index in [0.29, 0.717) is 0 Å². The van der Waals surface area contributed by atoms with Gasteiger partial charge in [-0.1, -0.05) is 0 Å². The molecule has 0 aliphatic rings. The summed E-state index contributed by atoms with van der Waals surface area (Å²) in [6, 6.07) is 2.16. The fourth-order valence-electron chi connectivity index (χ4n) is 0.963. The highest BCUT2D eigenvalue weighted by atomic mass is 79.9. The minimum Gasteiger partial charge on any atom is -0.486 e. The Morgan fingerprint density at radius 1 is 1.71 bits per heavy atom. The molecule has 0 aliphatic carbocycles. The SMILES string of the molecule is COc1sc(CNC(C)CO)cc1Br. The molecular weight excluding hydrogens is 266 g/mol. The van der Waals surface area contributed by atoms with Crippen molar-refractivity contribution in [1.29, 1.82) is 0 Å². The Morgan fingerprint density at radius 3 is 2.93 bits per heavy atom. The van der Waals surface area contributed by atoms with E-state index in [-0.39, 0.29) is 12.6 Å². The lowest BCUT2D eigenvalue weighted by atomic mass is 10.3. The molecule has 0 amide bonds. The van der Waals surface area contributed by atoms with Gasteiger partial charge in [0.1, 0.15) is 0 Å². The minimum absolute atomic E-state index is 0.127. The Hall–Kier alpha value is -0.100. The molecule has 0 spiro atoms. The van der Waals surface area contributed by atoms with Crippen LogP contribution in [0.3, 0.4) is 0 Å². The first kappa shape index (κ1) is 12.0. The number of nitrogens with one attached hydrogen (secondary N) is 1. The molecule has 0 aromatic carbocycles. The standard InChI is InChI=1S/C9H14BrNO2S/c1-6(5-12)11-4-7-3-8(10)9(13-2)14-7/h3,6,11-12H,4-5H2,1-2H3. The van der Waals surface area contributed by atoms with Crippen molar-refractivity contribution in [3.8, 4) is 5.06 Å². The molecule has 0 radical (unpaired) electrons. The lowest BCUT2D eigenvalue weighted by Crippen LogP contribution is -2.28. The van der Waals surface area contributed by atoms with E-state index in [4.69, 9.17) is 9.84 Å². The van der Waals surface area contributed by atoms with Crippen molar-refractivity contribution in [2.75, 3.05) is 13.7 Å². The lowest BCUT2D eigenvalue weighted by Gasteiger charge is -2.08. The molecule has 1 aromatic rings. The normalized spacial score (nSPS) is 12.9. The number of methoxy groups -OCH3 is 1. The van der Waals surface area contributed by atoms with Crippen LogP contribution in [-0.2, 0) is 6.54 Å². The molecule has 1 heterocycles. The molecule has 0 saturated carbocycles. The second-order valence-corrected chi connectivity index (χ2v) is 4.97. The maximum Gasteiger partial charge on any atom is 0.188 e. The van der Waals surface area contributed by atoms with Gasteiger partial charge in [-0.15, -0.1) is 11.3 Å². The van der Waals surface area contributed by atoms with Gasteiger partial charge in [-0.05, 0) is 28.9 Å². The van der Waals surface area contributed by atoms with Crippen LogP contribution in [0.25, 0.3) is 0 Å². The number of ether oxygens (including phenoxy) is 1. The van der Waals surface area contributed by atoms with Crippen molar-refractivity contribution >= 4 is 27.3 Å². The quantitative estimate of drug-likeness (QED) is 0.866. The van der Waals surface area contributed by atoms with Crippen LogP contribution in [0.15, 0.2) is 10.5 Å². The first-order chi connectivity index (χ1) is 6.67. The molecular formula is C9H14BrNO2S. The van der Waals surface area contributed by atoms with E-state index < -0.39 is 0 Å². The van der Waals surface area contributed by atoms with Gasteiger partial charge in [0.25, 0.3) is 0 Å². The summed E-state index contributed by atoms with van der Waals surface area (Å²) in [5, 5.41) is 12.9. The van der Waals surface area contributed by atoms with Crippen molar-refractivity contribution in [3.05, 3.63) is 15.4 Å². The maximum absolute atomic E-state index is 8.83. The van der Waals surface area contributed by atoms with Gasteiger partial charge in [-0.3, -0.25) is 0 Å². The van der Waals surface area contributed by atoms with Crippen LogP contribution in [0.5, 0.6) is 5.06 Å². The zero-order valence-electron chi connectivity index (χ0n) is 8.21. The number of thiophene rings is 1. The summed E-state index contributed by atoms with van der Waals surface area (Å²) in [4.78, 5) is 1.19. The fourth-order valence-corrected chi connectivity index (χ4v) is 2.61. The van der Waals surface area contributed by atoms with Gasteiger partial charge in [-0.2, -0.15) is 0 Å². The molecule has 1 rings (SSSR count). The van der Waals surface area contributed by atoms with Crippen LogP contribution < -0.4 is 10.1 Å². The van der Waals surface area contributed by atoms with Gasteiger partial charge in [-0.25, -0.2) is 0 Å². The zero-order chi connectivity index (χ0) is 10.6. The van der Waals surface area contributed by atoms with E-state index >= 15 is 0 Å². The average molecular weight is 280 g/mol. The highest BCUT2D eigenvalue weighted by Crippen LogP contribution is 2.34. The lowest BCUT2D eigenvalue weighted by molar-refractivity contribution is 0.251. The monoisotopic (exact) mass is 279 g/mol. The Balaban J connectivity index is 2.51. The fraction of sp³-hybridized carbons (Fsp3) is 0.556. The summed E-state index contributed by atoms with van der Waals surface area (Å²) in [6.45, 7) is 2.86. The van der Waals surface area contributed by atoms with Gasteiger partial charge in [0.2, 0.25) is 0 Å². The Morgan fingerprint density at radius 2 is 2.43 bits per heavy atom. The summed E-state index contributed by atoms with van der Waals surface area (Å²) in [7, 11) is 1.66. The number of aliphatic hydroxyl groups excluding tert-OH is 1. The van der Waals surface area contributed by atoms with Crippen molar-refractivity contribution < 1.29 is 9.84 Å². The summed E-state index contributed by atoms with van der Waals surface area (Å²) in [5.41, 5.74) is 0. The Labute approximate surface area is 96.2 Å². The molecule has 80 valence electrons.